The molecule has 1 N–H and O–H groups in total. The Kier molecular flexibility index (Phi) is 5.23. The van der Waals surface area contributed by atoms with Crippen LogP contribution < -0.4 is 5.32 Å². The maximum atomic E-state index is 12.9. The van der Waals surface area contributed by atoms with Gasteiger partial charge >= 0.3 is 0 Å². The molecule has 2 amide bonds. The average Bonchev–Trinajstić information content (AvgIpc) is 2.67. The van der Waals surface area contributed by atoms with Crippen LogP contribution in [0.1, 0.15) is 22.0 Å². The van der Waals surface area contributed by atoms with Crippen LogP contribution >= 0.6 is 0 Å². The molecular weight excluding hydrogens is 304 g/mol. The quantitative estimate of drug-likeness (QED) is 0.936. The smallest absolute Gasteiger partial charge is 0.252 e. The zero-order chi connectivity index (χ0) is 16.8. The van der Waals surface area contributed by atoms with Gasteiger partial charge in [0.05, 0.1) is 13.2 Å². The van der Waals surface area contributed by atoms with E-state index in [9.17, 15) is 9.59 Å². The number of nitrogens with zero attached hydrogens (tertiary/aromatic N) is 1. The first-order chi connectivity index (χ1) is 11.8. The number of carbonyl (C=O) groups is 2. The van der Waals surface area contributed by atoms with E-state index in [1.807, 2.05) is 36.4 Å². The van der Waals surface area contributed by atoms with Crippen LogP contribution in [0.5, 0.6) is 0 Å². The molecule has 0 aliphatic carbocycles. The zero-order valence-corrected chi connectivity index (χ0v) is 13.4. The molecule has 1 heterocycles. The summed E-state index contributed by atoms with van der Waals surface area (Å²) in [6.07, 6.45) is 0. The van der Waals surface area contributed by atoms with Crippen molar-refractivity contribution in [3.8, 4) is 0 Å². The van der Waals surface area contributed by atoms with Gasteiger partial charge in [-0.1, -0.05) is 48.5 Å². The molecule has 0 unspecified atom stereocenters. The van der Waals surface area contributed by atoms with Crippen molar-refractivity contribution < 1.29 is 14.3 Å². The minimum absolute atomic E-state index is 0.103. The van der Waals surface area contributed by atoms with E-state index in [4.69, 9.17) is 4.74 Å². The molecule has 1 saturated heterocycles. The summed E-state index contributed by atoms with van der Waals surface area (Å²) in [5.41, 5.74) is 1.31. The SMILES string of the molecule is O=C(N[C@H](C(=O)N1CCOCC1)c1ccccc1)c1ccccc1. The van der Waals surface area contributed by atoms with Crippen molar-refractivity contribution in [2.75, 3.05) is 26.3 Å². The molecule has 0 aromatic heterocycles. The van der Waals surface area contributed by atoms with Gasteiger partial charge in [0.25, 0.3) is 5.91 Å². The molecule has 1 atom stereocenters. The predicted molar refractivity (Wildman–Crippen MR) is 90.5 cm³/mol. The average molecular weight is 324 g/mol. The first kappa shape index (κ1) is 16.2. The van der Waals surface area contributed by atoms with Crippen molar-refractivity contribution in [2.45, 2.75) is 6.04 Å². The molecule has 3 rings (SSSR count). The molecular formula is C19H20N2O3. The second-order valence-corrected chi connectivity index (χ2v) is 5.62. The monoisotopic (exact) mass is 324 g/mol. The fraction of sp³-hybridized carbons (Fsp3) is 0.263. The largest absolute Gasteiger partial charge is 0.378 e. The number of hydrogen-bond donors (Lipinski definition) is 1. The molecule has 1 aliphatic rings. The van der Waals surface area contributed by atoms with Gasteiger partial charge in [-0.05, 0) is 17.7 Å². The van der Waals surface area contributed by atoms with Crippen LogP contribution in [0.4, 0.5) is 0 Å². The summed E-state index contributed by atoms with van der Waals surface area (Å²) in [5, 5.41) is 2.88. The molecule has 0 radical (unpaired) electrons. The topological polar surface area (TPSA) is 58.6 Å². The first-order valence-electron chi connectivity index (χ1n) is 8.03. The van der Waals surface area contributed by atoms with Crippen molar-refractivity contribution in [2.24, 2.45) is 0 Å². The molecule has 124 valence electrons. The van der Waals surface area contributed by atoms with E-state index in [1.54, 1.807) is 29.2 Å². The lowest BCUT2D eigenvalue weighted by Crippen LogP contribution is -2.47. The lowest BCUT2D eigenvalue weighted by Gasteiger charge is -2.31. The van der Waals surface area contributed by atoms with E-state index in [1.165, 1.54) is 0 Å². The van der Waals surface area contributed by atoms with Gasteiger partial charge in [0.1, 0.15) is 6.04 Å². The number of morpholine rings is 1. The van der Waals surface area contributed by atoms with Gasteiger partial charge in [-0.3, -0.25) is 9.59 Å². The van der Waals surface area contributed by atoms with Crippen molar-refractivity contribution in [3.63, 3.8) is 0 Å². The first-order valence-corrected chi connectivity index (χ1v) is 8.03. The Morgan fingerprint density at radius 1 is 0.917 bits per heavy atom. The van der Waals surface area contributed by atoms with E-state index in [2.05, 4.69) is 5.32 Å². The molecule has 5 heteroatoms. The minimum Gasteiger partial charge on any atom is -0.378 e. The van der Waals surface area contributed by atoms with Crippen LogP contribution in [0, 0.1) is 0 Å². The number of nitrogens with one attached hydrogen (secondary N) is 1. The highest BCUT2D eigenvalue weighted by Crippen LogP contribution is 2.17. The Morgan fingerprint density at radius 2 is 1.50 bits per heavy atom. The Hall–Kier alpha value is -2.66. The summed E-state index contributed by atoms with van der Waals surface area (Å²) < 4.78 is 5.30. The van der Waals surface area contributed by atoms with E-state index < -0.39 is 6.04 Å². The Labute approximate surface area is 141 Å². The summed E-state index contributed by atoms with van der Waals surface area (Å²) >= 11 is 0. The highest BCUT2D eigenvalue weighted by atomic mass is 16.5. The van der Waals surface area contributed by atoms with Gasteiger partial charge < -0.3 is 15.0 Å². The number of ether oxygens (including phenoxy) is 1. The zero-order valence-electron chi connectivity index (χ0n) is 13.4. The fourth-order valence-electron chi connectivity index (χ4n) is 2.70. The van der Waals surface area contributed by atoms with Gasteiger partial charge in [-0.25, -0.2) is 0 Å². The normalized spacial score (nSPS) is 15.6. The fourth-order valence-corrected chi connectivity index (χ4v) is 2.70. The van der Waals surface area contributed by atoms with Crippen LogP contribution in [0.2, 0.25) is 0 Å². The standard InChI is InChI=1S/C19H20N2O3/c22-18(16-9-5-2-6-10-16)20-17(15-7-3-1-4-8-15)19(23)21-11-13-24-14-12-21/h1-10,17H,11-14H2,(H,20,22)/t17-/m0/s1. The molecule has 0 spiro atoms. The Bertz CT molecular complexity index is 682. The maximum absolute atomic E-state index is 12.9. The van der Waals surface area contributed by atoms with Crippen LogP contribution in [0.3, 0.4) is 0 Å². The minimum atomic E-state index is -0.697. The number of carbonyl (C=O) groups excluding carboxylic acids is 2. The molecule has 0 saturated carbocycles. The molecule has 0 bridgehead atoms. The third-order valence-corrected chi connectivity index (χ3v) is 4.01. The second kappa shape index (κ2) is 7.75. The van der Waals surface area contributed by atoms with Crippen LogP contribution in [-0.2, 0) is 9.53 Å². The van der Waals surface area contributed by atoms with Gasteiger partial charge in [0.2, 0.25) is 5.91 Å². The summed E-state index contributed by atoms with van der Waals surface area (Å²) in [6, 6.07) is 17.6. The highest BCUT2D eigenvalue weighted by molar-refractivity contribution is 5.97. The molecule has 1 aliphatic heterocycles. The molecule has 2 aromatic carbocycles. The second-order valence-electron chi connectivity index (χ2n) is 5.62. The third-order valence-electron chi connectivity index (χ3n) is 4.01. The van der Waals surface area contributed by atoms with Gasteiger partial charge in [-0.2, -0.15) is 0 Å². The maximum Gasteiger partial charge on any atom is 0.252 e. The molecule has 24 heavy (non-hydrogen) atoms. The summed E-state index contributed by atoms with van der Waals surface area (Å²) in [6.45, 7) is 2.15. The van der Waals surface area contributed by atoms with E-state index >= 15 is 0 Å². The van der Waals surface area contributed by atoms with Gasteiger partial charge in [-0.15, -0.1) is 0 Å². The number of rotatable bonds is 4. The molecule has 1 fully saturated rings. The van der Waals surface area contributed by atoms with Gasteiger partial charge in [0, 0.05) is 18.7 Å². The van der Waals surface area contributed by atoms with Crippen LogP contribution in [-0.4, -0.2) is 43.0 Å². The van der Waals surface area contributed by atoms with E-state index in [-0.39, 0.29) is 11.8 Å². The molecule has 5 nitrogen and oxygen atoms in total. The number of amides is 2. The lowest BCUT2D eigenvalue weighted by molar-refractivity contribution is -0.137. The van der Waals surface area contributed by atoms with Gasteiger partial charge in [0.15, 0.2) is 0 Å². The highest BCUT2D eigenvalue weighted by Gasteiger charge is 2.28. The predicted octanol–water partition coefficient (Wildman–Crippen LogP) is 2.02. The van der Waals surface area contributed by atoms with Crippen molar-refractivity contribution in [3.05, 3.63) is 71.8 Å². The van der Waals surface area contributed by atoms with E-state index in [0.29, 0.717) is 31.9 Å². The Morgan fingerprint density at radius 3 is 2.12 bits per heavy atom. The van der Waals surface area contributed by atoms with Crippen LogP contribution in [0.25, 0.3) is 0 Å². The van der Waals surface area contributed by atoms with Crippen molar-refractivity contribution in [1.82, 2.24) is 10.2 Å². The summed E-state index contributed by atoms with van der Waals surface area (Å²) in [7, 11) is 0. The third kappa shape index (κ3) is 3.81. The lowest BCUT2D eigenvalue weighted by atomic mass is 10.0. The van der Waals surface area contributed by atoms with Crippen molar-refractivity contribution in [1.29, 1.82) is 0 Å². The number of hydrogen-bond acceptors (Lipinski definition) is 3. The summed E-state index contributed by atoms with van der Waals surface area (Å²) in [4.78, 5) is 27.2. The Balaban J connectivity index is 1.82. The van der Waals surface area contributed by atoms with Crippen molar-refractivity contribution >= 4 is 11.8 Å². The number of benzene rings is 2. The molecule has 2 aromatic rings. The van der Waals surface area contributed by atoms with E-state index in [0.717, 1.165) is 5.56 Å². The summed E-state index contributed by atoms with van der Waals surface area (Å²) in [5.74, 6) is -0.361. The van der Waals surface area contributed by atoms with Crippen LogP contribution in [0.15, 0.2) is 60.7 Å².